The van der Waals surface area contributed by atoms with E-state index in [1.165, 1.54) is 151 Å². The van der Waals surface area contributed by atoms with Gasteiger partial charge in [0, 0.05) is 50.6 Å². The number of aliphatic carboxylic acids is 3. The molecule has 0 saturated carbocycles. The van der Waals surface area contributed by atoms with Crippen LogP contribution in [0.3, 0.4) is 0 Å². The maximum Gasteiger partial charge on any atom is 0.303 e. The summed E-state index contributed by atoms with van der Waals surface area (Å²) in [6, 6.07) is 23.9. The monoisotopic (exact) mass is 1190 g/mol. The average Bonchev–Trinajstić information content (AvgIpc) is 1.42. The topological polar surface area (TPSA) is 143 Å². The predicted octanol–water partition coefficient (Wildman–Crippen LogP) is 12.1. The second-order valence-corrected chi connectivity index (χ2v) is 29.6. The van der Waals surface area contributed by atoms with Gasteiger partial charge >= 0.3 is 17.9 Å². The fourth-order valence-electron chi connectivity index (χ4n) is 20.1. The molecule has 1 fully saturated rings. The van der Waals surface area contributed by atoms with Gasteiger partial charge in [-0.2, -0.15) is 0 Å². The number of likely N-dealkylation sites (N-methyl/N-ethyl adjacent to an activating group) is 1. The number of hydrogen-bond donors (Lipinski definition) is 3. The van der Waals surface area contributed by atoms with Gasteiger partial charge in [0.15, 0.2) is 11.5 Å². The van der Waals surface area contributed by atoms with Gasteiger partial charge in [0.25, 0.3) is 0 Å². The molecule has 13 aromatic rings. The summed E-state index contributed by atoms with van der Waals surface area (Å²) >= 11 is 0. The highest BCUT2D eigenvalue weighted by atomic mass is 16.5. The van der Waals surface area contributed by atoms with E-state index in [1.807, 2.05) is 0 Å². The van der Waals surface area contributed by atoms with Crippen LogP contribution in [0.15, 0.2) is 72.8 Å². The van der Waals surface area contributed by atoms with E-state index in [0.29, 0.717) is 76.2 Å². The number of ether oxygens (including phenoxy) is 3. The van der Waals surface area contributed by atoms with Crippen molar-refractivity contribution in [3.63, 3.8) is 0 Å². The summed E-state index contributed by atoms with van der Waals surface area (Å²) in [4.78, 5) is 37.4. The van der Waals surface area contributed by atoms with E-state index in [2.05, 4.69) is 127 Å². The Labute approximate surface area is 514 Å². The van der Waals surface area contributed by atoms with E-state index in [9.17, 15) is 29.7 Å². The van der Waals surface area contributed by atoms with Crippen molar-refractivity contribution in [2.75, 3.05) is 115 Å². The summed E-state index contributed by atoms with van der Waals surface area (Å²) in [5.41, 5.74) is 5.78. The van der Waals surface area contributed by atoms with Crippen molar-refractivity contribution < 1.29 is 57.4 Å². The molecule has 5 aliphatic rings. The van der Waals surface area contributed by atoms with Gasteiger partial charge in [-0.15, -0.1) is 0 Å². The molecule has 1 saturated heterocycles. The van der Waals surface area contributed by atoms with Gasteiger partial charge in [-0.3, -0.25) is 19.3 Å². The maximum atomic E-state index is 11.7. The van der Waals surface area contributed by atoms with E-state index < -0.39 is 28.7 Å². The standard InChI is InChI=1S/C76H72N4O9/c1-77-38-75-48-26-27-49-46-24-22-44-42-20-18-40-39-17-19-41-43-21-23-45(48)60-58(43)63-56(41)54(39)62-55(40)57(42)64-59(44)61(46)71(69-67(64)65(62)66(63)68(69)70(60)75)76(49,75)74(77)47-25-28-50(87-35-11-32-78(2,3)29-8-14-51(81)82)73(89-37-13-34-80(6,7)31-10-16-53(85)86)72(47)88-36-12-33-79(4,5)30-9-15-52(83)84/h17-28,74H,8-16,29-38H2,1-7H3/p+3. The molecule has 13 aromatic carbocycles. The van der Waals surface area contributed by atoms with Crippen LogP contribution in [0.1, 0.15) is 80.5 Å². The molecule has 450 valence electrons. The van der Waals surface area contributed by atoms with Crippen LogP contribution >= 0.6 is 0 Å². The number of likely N-dealkylation sites (tertiary alicyclic amines) is 1. The third-order valence-electron chi connectivity index (χ3n) is 23.2. The van der Waals surface area contributed by atoms with Crippen molar-refractivity contribution >= 4 is 148 Å². The van der Waals surface area contributed by atoms with Gasteiger partial charge in [-0.1, -0.05) is 60.7 Å². The van der Waals surface area contributed by atoms with Gasteiger partial charge < -0.3 is 43.0 Å². The number of carboxylic acids is 3. The molecule has 3 atom stereocenters. The molecule has 0 radical (unpaired) electrons. The first-order chi connectivity index (χ1) is 42.8. The van der Waals surface area contributed by atoms with E-state index in [1.54, 1.807) is 0 Å². The zero-order valence-corrected chi connectivity index (χ0v) is 52.0. The Morgan fingerprint density at radius 2 is 0.809 bits per heavy atom. The number of carboxylic acid groups (broad SMARTS) is 3. The lowest BCUT2D eigenvalue weighted by Crippen LogP contribution is -2.52. The molecule has 1 heterocycles. The minimum absolute atomic E-state index is 0.135. The lowest BCUT2D eigenvalue weighted by atomic mass is 9.47. The molecule has 1 aliphatic heterocycles. The van der Waals surface area contributed by atoms with Gasteiger partial charge in [-0.05, 0) is 170 Å². The number of hydrogen-bond acceptors (Lipinski definition) is 7. The Morgan fingerprint density at radius 1 is 0.438 bits per heavy atom. The predicted molar refractivity (Wildman–Crippen MR) is 355 cm³/mol. The number of nitrogens with zero attached hydrogens (tertiary/aromatic N) is 4. The van der Waals surface area contributed by atoms with Gasteiger partial charge in [0.2, 0.25) is 5.75 Å². The summed E-state index contributed by atoms with van der Waals surface area (Å²) < 4.78 is 23.9. The van der Waals surface area contributed by atoms with Crippen LogP contribution in [-0.4, -0.2) is 167 Å². The minimum Gasteiger partial charge on any atom is -0.489 e. The first kappa shape index (κ1) is 53.9. The molecule has 13 heteroatoms. The molecule has 0 bridgehead atoms. The fourth-order valence-corrected chi connectivity index (χ4v) is 20.1. The van der Waals surface area contributed by atoms with E-state index in [-0.39, 0.29) is 25.3 Å². The molecule has 0 amide bonds. The molecular formula is C76H75N4O9+3. The fraction of sp³-hybridized carbons (Fsp3) is 0.382. The summed E-state index contributed by atoms with van der Waals surface area (Å²) in [5.74, 6) is -0.402. The number of rotatable bonds is 28. The van der Waals surface area contributed by atoms with Crippen LogP contribution in [0, 0.1) is 0 Å². The van der Waals surface area contributed by atoms with Crippen LogP contribution in [-0.2, 0) is 25.2 Å². The van der Waals surface area contributed by atoms with Crippen molar-refractivity contribution in [3.05, 3.63) is 99.9 Å². The van der Waals surface area contributed by atoms with Gasteiger partial charge in [0.05, 0.1) is 138 Å². The number of carbonyl (C=O) groups is 3. The molecule has 3 N–H and O–H groups in total. The highest BCUT2D eigenvalue weighted by molar-refractivity contribution is 6.64. The highest BCUT2D eigenvalue weighted by Crippen LogP contribution is 2.78. The Morgan fingerprint density at radius 3 is 1.29 bits per heavy atom. The summed E-state index contributed by atoms with van der Waals surface area (Å²) in [7, 11) is 15.4. The SMILES string of the molecule is CN1CC23C4=c5ccc6c7ccc8c9ccc%10c%11ccc%12c%13c(c%14c%15c2c5c6c2c7c8c5c9c%10c(c%13%11)c%14c5c%152)C3(C=%12C=C4)C1c1ccc(OCCC[N+](C)(C)CCCC(=O)O)c(OCCC[N+](C)(C)CCCC(=O)O)c1OCCC[N+](C)(C)CCCC(=O)O. The van der Waals surface area contributed by atoms with Crippen LogP contribution in [0.25, 0.3) is 130 Å². The Kier molecular flexibility index (Phi) is 10.8. The first-order valence-electron chi connectivity index (χ1n) is 32.6. The first-order valence-corrected chi connectivity index (χ1v) is 32.6. The van der Waals surface area contributed by atoms with Crippen molar-refractivity contribution in [1.29, 1.82) is 0 Å². The maximum absolute atomic E-state index is 11.7. The molecule has 18 rings (SSSR count). The average molecular weight is 1190 g/mol. The smallest absolute Gasteiger partial charge is 0.303 e. The minimum atomic E-state index is -0.778. The van der Waals surface area contributed by atoms with E-state index >= 15 is 0 Å². The summed E-state index contributed by atoms with van der Waals surface area (Å²) in [5, 5.41) is 62.6. The van der Waals surface area contributed by atoms with Crippen molar-refractivity contribution in [3.8, 4) is 17.2 Å². The zero-order valence-electron chi connectivity index (χ0n) is 52.0. The van der Waals surface area contributed by atoms with Crippen LogP contribution in [0.2, 0.25) is 0 Å². The Balaban J connectivity index is 0.857. The second kappa shape index (κ2) is 17.9. The lowest BCUT2D eigenvalue weighted by molar-refractivity contribution is -0.890. The number of quaternary nitrogens is 3. The van der Waals surface area contributed by atoms with E-state index in [4.69, 9.17) is 14.2 Å². The number of fused-ring (bicyclic) bond motifs is 3. The van der Waals surface area contributed by atoms with Gasteiger partial charge in [-0.25, -0.2) is 0 Å². The van der Waals surface area contributed by atoms with Gasteiger partial charge in [0.1, 0.15) is 0 Å². The van der Waals surface area contributed by atoms with Crippen molar-refractivity contribution in [2.24, 2.45) is 0 Å². The lowest BCUT2D eigenvalue weighted by Gasteiger charge is -2.52. The largest absolute Gasteiger partial charge is 0.489 e. The molecule has 2 spiro atoms. The van der Waals surface area contributed by atoms with Crippen LogP contribution in [0.4, 0.5) is 0 Å². The number of allylic oxidation sites excluding steroid dienone is 2. The molecule has 0 aromatic heterocycles. The molecule has 4 aliphatic carbocycles. The molecular weight excluding hydrogens is 1110 g/mol. The molecule has 3 unspecified atom stereocenters. The van der Waals surface area contributed by atoms with Crippen molar-refractivity contribution in [1.82, 2.24) is 4.90 Å². The Bertz CT molecular complexity index is 5330. The quantitative estimate of drug-likeness (QED) is 0.0246. The molecule has 89 heavy (non-hydrogen) atoms. The second-order valence-electron chi connectivity index (χ2n) is 29.6. The van der Waals surface area contributed by atoms with Crippen LogP contribution in [0.5, 0.6) is 17.2 Å². The number of benzene rings is 9. The zero-order chi connectivity index (χ0) is 60.9. The third kappa shape index (κ3) is 6.61. The third-order valence-corrected chi connectivity index (χ3v) is 23.2. The van der Waals surface area contributed by atoms with Crippen molar-refractivity contribution in [2.45, 2.75) is 74.7 Å². The molecule has 13 nitrogen and oxygen atoms in total. The Hall–Kier alpha value is -8.07. The van der Waals surface area contributed by atoms with E-state index in [0.717, 1.165) is 64.2 Å². The highest BCUT2D eigenvalue weighted by Gasteiger charge is 2.74. The summed E-state index contributed by atoms with van der Waals surface area (Å²) in [6.45, 7) is 6.58. The summed E-state index contributed by atoms with van der Waals surface area (Å²) in [6.07, 6.45) is 9.45. The van der Waals surface area contributed by atoms with Crippen LogP contribution < -0.4 is 24.6 Å². The normalized spacial score (nSPS) is 19.8.